The lowest BCUT2D eigenvalue weighted by Gasteiger charge is -2.45. The van der Waals surface area contributed by atoms with E-state index in [1.807, 2.05) is 0 Å². The van der Waals surface area contributed by atoms with Crippen LogP contribution in [-0.2, 0) is 11.2 Å². The fraction of sp³-hybridized carbons (Fsp3) is 0.647. The van der Waals surface area contributed by atoms with Gasteiger partial charge >= 0.3 is 0 Å². The van der Waals surface area contributed by atoms with E-state index in [1.54, 1.807) is 11.1 Å². The zero-order chi connectivity index (χ0) is 12.8. The molecular formula is C17H24O. The summed E-state index contributed by atoms with van der Waals surface area (Å²) in [4.78, 5) is 0. The Labute approximate surface area is 111 Å². The molecule has 1 aliphatic heterocycles. The topological polar surface area (TPSA) is 9.23 Å². The van der Waals surface area contributed by atoms with Gasteiger partial charge in [0.1, 0.15) is 0 Å². The average molecular weight is 244 g/mol. The summed E-state index contributed by atoms with van der Waals surface area (Å²) in [6.45, 7) is 9.09. The summed E-state index contributed by atoms with van der Waals surface area (Å²) < 4.78 is 5.62. The Hall–Kier alpha value is -0.820. The summed E-state index contributed by atoms with van der Waals surface area (Å²) >= 11 is 0. The summed E-state index contributed by atoms with van der Waals surface area (Å²) in [6, 6.07) is 9.08. The third-order valence-corrected chi connectivity index (χ3v) is 4.88. The Morgan fingerprint density at radius 3 is 2.44 bits per heavy atom. The molecule has 0 N–H and O–H groups in total. The molecule has 1 unspecified atom stereocenters. The maximum atomic E-state index is 5.62. The molecule has 0 saturated carbocycles. The number of hydrogen-bond donors (Lipinski definition) is 0. The predicted molar refractivity (Wildman–Crippen MR) is 74.8 cm³/mol. The van der Waals surface area contributed by atoms with Crippen molar-refractivity contribution in [3.8, 4) is 0 Å². The molecule has 18 heavy (non-hydrogen) atoms. The number of hydrogen-bond acceptors (Lipinski definition) is 1. The van der Waals surface area contributed by atoms with Gasteiger partial charge in [-0.25, -0.2) is 0 Å². The Morgan fingerprint density at radius 2 is 1.78 bits per heavy atom. The molecule has 1 heteroatoms. The molecule has 2 aliphatic rings. The zero-order valence-corrected chi connectivity index (χ0v) is 11.8. The minimum atomic E-state index is 0.337. The van der Waals surface area contributed by atoms with Crippen LogP contribution in [0.2, 0.25) is 0 Å². The van der Waals surface area contributed by atoms with Gasteiger partial charge in [-0.15, -0.1) is 0 Å². The lowest BCUT2D eigenvalue weighted by atomic mass is 9.61. The average Bonchev–Trinajstić information content (AvgIpc) is 2.62. The van der Waals surface area contributed by atoms with Gasteiger partial charge in [0.2, 0.25) is 0 Å². The predicted octanol–water partition coefficient (Wildman–Crippen LogP) is 4.17. The van der Waals surface area contributed by atoms with E-state index in [2.05, 4.69) is 45.0 Å². The minimum absolute atomic E-state index is 0.337. The molecule has 0 amide bonds. The van der Waals surface area contributed by atoms with Crippen LogP contribution in [0.3, 0.4) is 0 Å². The monoisotopic (exact) mass is 244 g/mol. The summed E-state index contributed by atoms with van der Waals surface area (Å²) in [5.74, 6) is 0.685. The standard InChI is InChI=1S/C17H24O/c1-16(2,3)15-14-7-5-4-6-13(14)12-17(15)8-10-18-11-9-17/h4-7,15H,8-12H2,1-3H3. The second-order valence-corrected chi connectivity index (χ2v) is 7.15. The van der Waals surface area contributed by atoms with Crippen LogP contribution in [-0.4, -0.2) is 13.2 Å². The summed E-state index contributed by atoms with van der Waals surface area (Å²) in [5.41, 5.74) is 3.98. The molecule has 1 aromatic rings. The van der Waals surface area contributed by atoms with Crippen molar-refractivity contribution in [1.82, 2.24) is 0 Å². The summed E-state index contributed by atoms with van der Waals surface area (Å²) in [7, 11) is 0. The van der Waals surface area contributed by atoms with Crippen molar-refractivity contribution < 1.29 is 4.74 Å². The first-order chi connectivity index (χ1) is 8.53. The first-order valence-corrected chi connectivity index (χ1v) is 7.18. The highest BCUT2D eigenvalue weighted by atomic mass is 16.5. The molecule has 1 nitrogen and oxygen atoms in total. The van der Waals surface area contributed by atoms with E-state index in [0.29, 0.717) is 16.7 Å². The molecule has 1 spiro atoms. The highest BCUT2D eigenvalue weighted by Crippen LogP contribution is 2.59. The van der Waals surface area contributed by atoms with Crippen molar-refractivity contribution in [2.24, 2.45) is 10.8 Å². The van der Waals surface area contributed by atoms with Crippen molar-refractivity contribution in [1.29, 1.82) is 0 Å². The fourth-order valence-corrected chi connectivity index (χ4v) is 4.42. The lowest BCUT2D eigenvalue weighted by Crippen LogP contribution is -2.38. The minimum Gasteiger partial charge on any atom is -0.381 e. The molecule has 3 rings (SSSR count). The van der Waals surface area contributed by atoms with Gasteiger partial charge in [-0.2, -0.15) is 0 Å². The molecule has 1 aliphatic carbocycles. The molecule has 0 bridgehead atoms. The van der Waals surface area contributed by atoms with Gasteiger partial charge < -0.3 is 4.74 Å². The fourth-order valence-electron chi connectivity index (χ4n) is 4.42. The second kappa shape index (κ2) is 4.09. The first-order valence-electron chi connectivity index (χ1n) is 7.18. The molecule has 0 aromatic heterocycles. The Kier molecular flexibility index (Phi) is 2.78. The maximum Gasteiger partial charge on any atom is 0.0471 e. The molecule has 1 fully saturated rings. The number of ether oxygens (including phenoxy) is 1. The van der Waals surface area contributed by atoms with E-state index in [0.717, 1.165) is 13.2 Å². The Morgan fingerprint density at radius 1 is 1.11 bits per heavy atom. The van der Waals surface area contributed by atoms with Crippen LogP contribution in [0.25, 0.3) is 0 Å². The molecule has 98 valence electrons. The lowest BCUT2D eigenvalue weighted by molar-refractivity contribution is -0.0143. The van der Waals surface area contributed by atoms with E-state index < -0.39 is 0 Å². The summed E-state index contributed by atoms with van der Waals surface area (Å²) in [6.07, 6.45) is 3.71. The zero-order valence-electron chi connectivity index (χ0n) is 11.8. The van der Waals surface area contributed by atoms with Crippen molar-refractivity contribution in [2.45, 2.75) is 46.0 Å². The SMILES string of the molecule is CC(C)(C)C1c2ccccc2CC12CCOCC2. The van der Waals surface area contributed by atoms with Crippen LogP contribution >= 0.6 is 0 Å². The van der Waals surface area contributed by atoms with Crippen LogP contribution in [0.1, 0.15) is 50.7 Å². The van der Waals surface area contributed by atoms with Crippen molar-refractivity contribution >= 4 is 0 Å². The van der Waals surface area contributed by atoms with Crippen LogP contribution in [0.4, 0.5) is 0 Å². The number of benzene rings is 1. The van der Waals surface area contributed by atoms with Crippen LogP contribution in [0.5, 0.6) is 0 Å². The Bertz CT molecular complexity index is 435. The third-order valence-electron chi connectivity index (χ3n) is 4.88. The van der Waals surface area contributed by atoms with Gasteiger partial charge in [0, 0.05) is 13.2 Å². The molecular weight excluding hydrogens is 220 g/mol. The van der Waals surface area contributed by atoms with Gasteiger partial charge in [0.15, 0.2) is 0 Å². The number of fused-ring (bicyclic) bond motifs is 1. The smallest absolute Gasteiger partial charge is 0.0471 e. The largest absolute Gasteiger partial charge is 0.381 e. The molecule has 1 saturated heterocycles. The highest BCUT2D eigenvalue weighted by molar-refractivity contribution is 5.40. The van der Waals surface area contributed by atoms with Gasteiger partial charge in [-0.1, -0.05) is 45.0 Å². The van der Waals surface area contributed by atoms with Crippen molar-refractivity contribution in [2.75, 3.05) is 13.2 Å². The van der Waals surface area contributed by atoms with Gasteiger partial charge in [-0.3, -0.25) is 0 Å². The van der Waals surface area contributed by atoms with E-state index in [-0.39, 0.29) is 0 Å². The van der Waals surface area contributed by atoms with Crippen LogP contribution < -0.4 is 0 Å². The van der Waals surface area contributed by atoms with Gasteiger partial charge in [-0.05, 0) is 47.1 Å². The molecule has 1 atom stereocenters. The third kappa shape index (κ3) is 1.80. The molecule has 1 aromatic carbocycles. The first kappa shape index (κ1) is 12.2. The van der Waals surface area contributed by atoms with E-state index >= 15 is 0 Å². The van der Waals surface area contributed by atoms with E-state index in [4.69, 9.17) is 4.74 Å². The molecule has 0 radical (unpaired) electrons. The Balaban J connectivity index is 2.07. The van der Waals surface area contributed by atoms with Gasteiger partial charge in [0.25, 0.3) is 0 Å². The molecule has 1 heterocycles. The normalized spacial score (nSPS) is 26.3. The quantitative estimate of drug-likeness (QED) is 0.665. The second-order valence-electron chi connectivity index (χ2n) is 7.15. The maximum absolute atomic E-state index is 5.62. The number of rotatable bonds is 0. The van der Waals surface area contributed by atoms with Crippen LogP contribution in [0.15, 0.2) is 24.3 Å². The highest BCUT2D eigenvalue weighted by Gasteiger charge is 2.50. The van der Waals surface area contributed by atoms with E-state index in [1.165, 1.54) is 19.3 Å². The van der Waals surface area contributed by atoms with Crippen LogP contribution in [0, 0.1) is 10.8 Å². The van der Waals surface area contributed by atoms with Gasteiger partial charge in [0.05, 0.1) is 0 Å². The van der Waals surface area contributed by atoms with Crippen molar-refractivity contribution in [3.63, 3.8) is 0 Å². The summed E-state index contributed by atoms with van der Waals surface area (Å²) in [5, 5.41) is 0. The van der Waals surface area contributed by atoms with E-state index in [9.17, 15) is 0 Å². The van der Waals surface area contributed by atoms with Crippen molar-refractivity contribution in [3.05, 3.63) is 35.4 Å².